The summed E-state index contributed by atoms with van der Waals surface area (Å²) >= 11 is 0. The second-order valence-electron chi connectivity index (χ2n) is 6.79. The lowest BCUT2D eigenvalue weighted by molar-refractivity contribution is -0.142. The molecule has 7 nitrogen and oxygen atoms in total. The van der Waals surface area contributed by atoms with Gasteiger partial charge in [0.2, 0.25) is 11.8 Å². The third kappa shape index (κ3) is 3.14. The maximum atomic E-state index is 13.0. The number of nitrogens with zero attached hydrogens (tertiary/aromatic N) is 4. The highest BCUT2D eigenvalue weighted by atomic mass is 16.2. The number of rotatable bonds is 4. The van der Waals surface area contributed by atoms with E-state index in [0.717, 1.165) is 18.4 Å². The molecule has 2 atom stereocenters. The number of amides is 2. The predicted octanol–water partition coefficient (Wildman–Crippen LogP) is 1.90. The van der Waals surface area contributed by atoms with Gasteiger partial charge >= 0.3 is 0 Å². The molecule has 1 saturated heterocycles. The second-order valence-corrected chi connectivity index (χ2v) is 6.79. The summed E-state index contributed by atoms with van der Waals surface area (Å²) in [6.45, 7) is 0. The number of hydrogen-bond acceptors (Lipinski definition) is 4. The monoisotopic (exact) mass is 339 g/mol. The Labute approximate surface area is 146 Å². The van der Waals surface area contributed by atoms with Crippen molar-refractivity contribution in [2.24, 2.45) is 13.0 Å². The summed E-state index contributed by atoms with van der Waals surface area (Å²) < 4.78 is 1.65. The van der Waals surface area contributed by atoms with Crippen LogP contribution in [0.2, 0.25) is 0 Å². The van der Waals surface area contributed by atoms with Crippen molar-refractivity contribution < 1.29 is 9.59 Å². The van der Waals surface area contributed by atoms with Crippen molar-refractivity contribution in [3.8, 4) is 0 Å². The summed E-state index contributed by atoms with van der Waals surface area (Å²) in [6, 6.07) is 3.85. The van der Waals surface area contributed by atoms with Crippen molar-refractivity contribution in [1.29, 1.82) is 0 Å². The van der Waals surface area contributed by atoms with Gasteiger partial charge in [0.1, 0.15) is 0 Å². The van der Waals surface area contributed by atoms with E-state index in [1.54, 1.807) is 29.5 Å². The minimum Gasteiger partial charge on any atom is -0.332 e. The number of aromatic nitrogens is 3. The Morgan fingerprint density at radius 2 is 2.00 bits per heavy atom. The molecule has 2 aliphatic rings. The van der Waals surface area contributed by atoms with Crippen molar-refractivity contribution in [3.63, 3.8) is 0 Å². The van der Waals surface area contributed by atoms with Crippen LogP contribution in [-0.2, 0) is 16.6 Å². The Kier molecular flexibility index (Phi) is 3.99. The average Bonchev–Trinajstić information content (AvgIpc) is 3.37. The van der Waals surface area contributed by atoms with Crippen LogP contribution in [0.15, 0.2) is 36.9 Å². The van der Waals surface area contributed by atoms with Crippen molar-refractivity contribution in [3.05, 3.63) is 42.5 Å². The maximum Gasteiger partial charge on any atom is 0.230 e. The zero-order valence-electron chi connectivity index (χ0n) is 14.1. The number of hydrogen-bond donors (Lipinski definition) is 1. The Morgan fingerprint density at radius 3 is 2.64 bits per heavy atom. The van der Waals surface area contributed by atoms with E-state index >= 15 is 0 Å². The van der Waals surface area contributed by atoms with Crippen LogP contribution in [-0.4, -0.2) is 37.5 Å². The third-order valence-electron chi connectivity index (χ3n) is 4.94. The van der Waals surface area contributed by atoms with Crippen LogP contribution in [0.5, 0.6) is 0 Å². The van der Waals surface area contributed by atoms with E-state index in [1.807, 2.05) is 24.1 Å². The Balaban J connectivity index is 1.64. The molecule has 2 aromatic rings. The van der Waals surface area contributed by atoms with Gasteiger partial charge < -0.3 is 10.2 Å². The van der Waals surface area contributed by atoms with Gasteiger partial charge in [0.05, 0.1) is 23.8 Å². The first kappa shape index (κ1) is 15.8. The molecule has 2 fully saturated rings. The molecule has 0 bridgehead atoms. The van der Waals surface area contributed by atoms with Crippen molar-refractivity contribution in [2.75, 3.05) is 5.32 Å². The highest BCUT2D eigenvalue weighted by molar-refractivity contribution is 5.94. The zero-order chi connectivity index (χ0) is 17.4. The summed E-state index contributed by atoms with van der Waals surface area (Å²) in [5.41, 5.74) is 1.65. The molecule has 0 spiro atoms. The molecule has 2 amide bonds. The van der Waals surface area contributed by atoms with Gasteiger partial charge in [0, 0.05) is 38.1 Å². The van der Waals surface area contributed by atoms with Gasteiger partial charge in [-0.2, -0.15) is 5.10 Å². The summed E-state index contributed by atoms with van der Waals surface area (Å²) in [7, 11) is 1.81. The van der Waals surface area contributed by atoms with E-state index in [0.29, 0.717) is 18.5 Å². The fraction of sp³-hybridized carbons (Fsp3) is 0.444. The summed E-state index contributed by atoms with van der Waals surface area (Å²) in [5, 5.41) is 7.04. The van der Waals surface area contributed by atoms with Gasteiger partial charge in [-0.3, -0.25) is 19.3 Å². The molecule has 1 N–H and O–H groups in total. The fourth-order valence-corrected chi connectivity index (χ4v) is 3.65. The molecule has 1 saturated carbocycles. The van der Waals surface area contributed by atoms with Crippen LogP contribution < -0.4 is 5.32 Å². The molecule has 2 aromatic heterocycles. The van der Waals surface area contributed by atoms with Gasteiger partial charge in [-0.1, -0.05) is 0 Å². The first-order valence-corrected chi connectivity index (χ1v) is 8.64. The molecule has 4 rings (SSSR count). The average molecular weight is 339 g/mol. The highest BCUT2D eigenvalue weighted by Crippen LogP contribution is 2.43. The van der Waals surface area contributed by atoms with Gasteiger partial charge in [-0.15, -0.1) is 0 Å². The number of likely N-dealkylation sites (tertiary alicyclic amines) is 1. The number of nitrogens with one attached hydrogen (secondary N) is 1. The van der Waals surface area contributed by atoms with Crippen LogP contribution in [0, 0.1) is 5.92 Å². The highest BCUT2D eigenvalue weighted by Gasteiger charge is 2.46. The third-order valence-corrected chi connectivity index (χ3v) is 4.94. The quantitative estimate of drug-likeness (QED) is 0.922. The van der Waals surface area contributed by atoms with E-state index in [-0.39, 0.29) is 29.8 Å². The Hall–Kier alpha value is -2.70. The van der Waals surface area contributed by atoms with Crippen LogP contribution in [0.4, 0.5) is 5.69 Å². The lowest BCUT2D eigenvalue weighted by Crippen LogP contribution is -2.47. The van der Waals surface area contributed by atoms with Gasteiger partial charge in [0.15, 0.2) is 0 Å². The maximum absolute atomic E-state index is 13.0. The van der Waals surface area contributed by atoms with E-state index < -0.39 is 0 Å². The van der Waals surface area contributed by atoms with Crippen molar-refractivity contribution in [2.45, 2.75) is 37.8 Å². The second kappa shape index (κ2) is 6.31. The molecular formula is C18H21N5O2. The summed E-state index contributed by atoms with van der Waals surface area (Å²) in [5.74, 6) is -0.191. The number of carbonyl (C=O) groups is 2. The largest absolute Gasteiger partial charge is 0.332 e. The summed E-state index contributed by atoms with van der Waals surface area (Å²) in [6.07, 6.45) is 9.85. The molecular weight excluding hydrogens is 318 g/mol. The lowest BCUT2D eigenvalue weighted by atomic mass is 9.83. The van der Waals surface area contributed by atoms with E-state index in [4.69, 9.17) is 0 Å². The number of aryl methyl sites for hydroxylation is 1. The zero-order valence-corrected chi connectivity index (χ0v) is 14.1. The van der Waals surface area contributed by atoms with Crippen LogP contribution in [0.1, 0.15) is 37.3 Å². The number of anilines is 1. The number of carbonyl (C=O) groups excluding carboxylic acids is 2. The molecule has 0 aromatic carbocycles. The molecule has 0 unspecified atom stereocenters. The first-order valence-electron chi connectivity index (χ1n) is 8.64. The van der Waals surface area contributed by atoms with Gasteiger partial charge in [0.25, 0.3) is 0 Å². The van der Waals surface area contributed by atoms with Gasteiger partial charge in [-0.05, 0) is 37.0 Å². The summed E-state index contributed by atoms with van der Waals surface area (Å²) in [4.78, 5) is 31.5. The standard InChI is InChI=1S/C18H21N5O2/c1-22-11-13(10-20-22)21-18(25)15-4-5-16(24)23(14-2-3-14)17(15)12-6-8-19-9-7-12/h6-11,14-15,17H,2-5H2,1H3,(H,21,25)/t15-,17+/m0/s1. The fourth-order valence-electron chi connectivity index (χ4n) is 3.65. The first-order chi connectivity index (χ1) is 12.1. The molecule has 130 valence electrons. The SMILES string of the molecule is Cn1cc(NC(=O)[C@H]2CCC(=O)N(C3CC3)[C@@H]2c2ccncc2)cn1. The van der Waals surface area contributed by atoms with E-state index in [1.165, 1.54) is 0 Å². The number of piperidine rings is 1. The van der Waals surface area contributed by atoms with Crippen LogP contribution in [0.3, 0.4) is 0 Å². The van der Waals surface area contributed by atoms with Gasteiger partial charge in [-0.25, -0.2) is 0 Å². The minimum absolute atomic E-state index is 0.0621. The smallest absolute Gasteiger partial charge is 0.230 e. The predicted molar refractivity (Wildman–Crippen MR) is 91.4 cm³/mol. The molecule has 1 aliphatic carbocycles. The molecule has 3 heterocycles. The Morgan fingerprint density at radius 1 is 1.24 bits per heavy atom. The lowest BCUT2D eigenvalue weighted by Gasteiger charge is -2.41. The molecule has 0 radical (unpaired) electrons. The molecule has 1 aliphatic heterocycles. The molecule has 7 heteroatoms. The topological polar surface area (TPSA) is 80.1 Å². The van der Waals surface area contributed by atoms with E-state index in [2.05, 4.69) is 15.4 Å². The minimum atomic E-state index is -0.277. The normalized spacial score (nSPS) is 23.6. The van der Waals surface area contributed by atoms with E-state index in [9.17, 15) is 9.59 Å². The van der Waals surface area contributed by atoms with Crippen molar-refractivity contribution in [1.82, 2.24) is 19.7 Å². The Bertz CT molecular complexity index is 784. The number of pyridine rings is 1. The molecule has 25 heavy (non-hydrogen) atoms. The van der Waals surface area contributed by atoms with Crippen LogP contribution in [0.25, 0.3) is 0 Å². The van der Waals surface area contributed by atoms with Crippen LogP contribution >= 0.6 is 0 Å². The van der Waals surface area contributed by atoms with Crippen molar-refractivity contribution >= 4 is 17.5 Å².